The van der Waals surface area contributed by atoms with Gasteiger partial charge in [0.1, 0.15) is 5.58 Å². The van der Waals surface area contributed by atoms with Gasteiger partial charge in [-0.3, -0.25) is 0 Å². The number of benzene rings is 3. The van der Waals surface area contributed by atoms with Crippen LogP contribution in [0.1, 0.15) is 37.5 Å². The Kier molecular flexibility index (Phi) is 9.37. The molecule has 0 spiro atoms. The van der Waals surface area contributed by atoms with Crippen LogP contribution in [-0.4, -0.2) is 18.0 Å². The summed E-state index contributed by atoms with van der Waals surface area (Å²) in [5.74, 6) is 0. The van der Waals surface area contributed by atoms with Crippen molar-refractivity contribution in [1.29, 1.82) is 0 Å². The van der Waals surface area contributed by atoms with E-state index >= 15 is 0 Å². The number of fused-ring (bicyclic) bond motifs is 3. The molecule has 3 aromatic carbocycles. The van der Waals surface area contributed by atoms with Crippen molar-refractivity contribution in [3.05, 3.63) is 114 Å². The van der Waals surface area contributed by atoms with Crippen molar-refractivity contribution >= 4 is 35.2 Å². The molecular weight excluding hydrogens is 709 g/mol. The van der Waals surface area contributed by atoms with Gasteiger partial charge in [-0.15, -0.1) is 53.2 Å². The predicted octanol–water partition coefficient (Wildman–Crippen LogP) is 9.45. The minimum Gasteiger partial charge on any atom is -0.501 e. The van der Waals surface area contributed by atoms with Gasteiger partial charge < -0.3 is 14.4 Å². The molecule has 0 aliphatic rings. The fourth-order valence-corrected chi connectivity index (χ4v) is 6.88. The first-order chi connectivity index (χ1) is 19.4. The quantitative estimate of drug-likeness (QED) is 0.134. The molecule has 3 aromatic heterocycles. The monoisotopic (exact) mass is 747 g/mol. The van der Waals surface area contributed by atoms with E-state index < -0.39 is 8.07 Å². The molecular formula is C37H38IrN2OSi-2. The Morgan fingerprint density at radius 3 is 2.21 bits per heavy atom. The number of aryl methyl sites for hydroxylation is 1. The van der Waals surface area contributed by atoms with Crippen molar-refractivity contribution in [2.75, 3.05) is 0 Å². The topological polar surface area (TPSA) is 38.9 Å². The molecule has 3 heterocycles. The van der Waals surface area contributed by atoms with E-state index in [2.05, 4.69) is 108 Å². The summed E-state index contributed by atoms with van der Waals surface area (Å²) in [5, 5.41) is 3.82. The summed E-state index contributed by atoms with van der Waals surface area (Å²) >= 11 is 0. The zero-order valence-corrected chi connectivity index (χ0v) is 29.1. The van der Waals surface area contributed by atoms with E-state index in [1.54, 1.807) is 0 Å². The van der Waals surface area contributed by atoms with Gasteiger partial charge in [0, 0.05) is 46.0 Å². The fourth-order valence-electron chi connectivity index (χ4n) is 5.37. The molecule has 6 aromatic rings. The van der Waals surface area contributed by atoms with Gasteiger partial charge in [0.05, 0.1) is 5.58 Å². The van der Waals surface area contributed by atoms with Crippen LogP contribution in [0.25, 0.3) is 44.5 Å². The molecule has 0 atom stereocenters. The molecule has 42 heavy (non-hydrogen) atoms. The number of rotatable bonds is 3. The number of para-hydroxylation sites is 1. The van der Waals surface area contributed by atoms with E-state index in [-0.39, 0.29) is 25.5 Å². The van der Waals surface area contributed by atoms with Crippen LogP contribution in [0, 0.1) is 26.0 Å². The summed E-state index contributed by atoms with van der Waals surface area (Å²) in [6.07, 6.45) is 3.74. The molecule has 0 N–H and O–H groups in total. The Morgan fingerprint density at radius 1 is 0.833 bits per heavy atom. The number of hydrogen-bond acceptors (Lipinski definition) is 3. The molecule has 0 aliphatic carbocycles. The van der Waals surface area contributed by atoms with Crippen LogP contribution in [0.2, 0.25) is 19.6 Å². The van der Waals surface area contributed by atoms with Gasteiger partial charge in [-0.25, -0.2) is 0 Å². The molecule has 3 nitrogen and oxygen atoms in total. The number of hydrogen-bond donors (Lipinski definition) is 0. The zero-order valence-electron chi connectivity index (χ0n) is 25.7. The molecule has 5 heteroatoms. The Labute approximate surface area is 264 Å². The second-order valence-electron chi connectivity index (χ2n) is 12.7. The first kappa shape index (κ1) is 31.6. The molecule has 1 radical (unpaired) electrons. The normalized spacial score (nSPS) is 11.6. The van der Waals surface area contributed by atoms with E-state index in [0.29, 0.717) is 0 Å². The Balaban J connectivity index is 0.000000243. The summed E-state index contributed by atoms with van der Waals surface area (Å²) in [4.78, 5) is 9.03. The Morgan fingerprint density at radius 2 is 1.55 bits per heavy atom. The van der Waals surface area contributed by atoms with Gasteiger partial charge >= 0.3 is 0 Å². The second-order valence-corrected chi connectivity index (χ2v) is 17.7. The van der Waals surface area contributed by atoms with Crippen molar-refractivity contribution in [3.8, 4) is 22.5 Å². The average Bonchev–Trinajstić information content (AvgIpc) is 3.32. The molecule has 0 bridgehead atoms. The van der Waals surface area contributed by atoms with Gasteiger partial charge in [-0.2, -0.15) is 0 Å². The third-order valence-electron chi connectivity index (χ3n) is 7.41. The van der Waals surface area contributed by atoms with E-state index in [1.165, 1.54) is 32.6 Å². The fraction of sp³-hybridized carbons (Fsp3) is 0.243. The minimum atomic E-state index is -1.57. The van der Waals surface area contributed by atoms with Crippen LogP contribution in [0.4, 0.5) is 0 Å². The second kappa shape index (κ2) is 12.5. The third kappa shape index (κ3) is 6.49. The summed E-state index contributed by atoms with van der Waals surface area (Å²) in [6.45, 7) is 18.1. The molecule has 0 saturated carbocycles. The van der Waals surface area contributed by atoms with Crippen LogP contribution in [-0.2, 0) is 25.5 Å². The van der Waals surface area contributed by atoms with Crippen molar-refractivity contribution in [2.24, 2.45) is 0 Å². The number of nitrogens with zero attached hydrogens (tertiary/aromatic N) is 2. The van der Waals surface area contributed by atoms with Crippen LogP contribution in [0.15, 0.2) is 89.6 Å². The number of furan rings is 1. The van der Waals surface area contributed by atoms with E-state index in [0.717, 1.165) is 33.7 Å². The van der Waals surface area contributed by atoms with Gasteiger partial charge in [-0.1, -0.05) is 86.8 Å². The molecule has 0 unspecified atom stereocenters. The average molecular weight is 747 g/mol. The molecule has 0 amide bonds. The molecule has 0 fully saturated rings. The Bertz CT molecular complexity index is 1830. The van der Waals surface area contributed by atoms with Crippen LogP contribution in [0.5, 0.6) is 0 Å². The zero-order chi connectivity index (χ0) is 29.4. The summed E-state index contributed by atoms with van der Waals surface area (Å²) in [7, 11) is -1.57. The predicted molar refractivity (Wildman–Crippen MR) is 175 cm³/mol. The summed E-state index contributed by atoms with van der Waals surface area (Å²) < 4.78 is 6.41. The van der Waals surface area contributed by atoms with E-state index in [9.17, 15) is 0 Å². The van der Waals surface area contributed by atoms with Gasteiger partial charge in [0.15, 0.2) is 0 Å². The number of pyridine rings is 2. The van der Waals surface area contributed by atoms with Gasteiger partial charge in [0.25, 0.3) is 0 Å². The third-order valence-corrected chi connectivity index (χ3v) is 9.42. The van der Waals surface area contributed by atoms with Crippen molar-refractivity contribution in [1.82, 2.24) is 9.97 Å². The maximum atomic E-state index is 6.41. The van der Waals surface area contributed by atoms with Crippen LogP contribution >= 0.6 is 0 Å². The summed E-state index contributed by atoms with van der Waals surface area (Å²) in [5.41, 5.74) is 9.63. The molecule has 6 rings (SSSR count). The van der Waals surface area contributed by atoms with Crippen molar-refractivity contribution in [3.63, 3.8) is 0 Å². The summed E-state index contributed by atoms with van der Waals surface area (Å²) in [6, 6.07) is 31.3. The first-order valence-corrected chi connectivity index (χ1v) is 17.7. The van der Waals surface area contributed by atoms with Gasteiger partial charge in [0.2, 0.25) is 0 Å². The van der Waals surface area contributed by atoms with E-state index in [1.807, 2.05) is 48.8 Å². The van der Waals surface area contributed by atoms with Gasteiger partial charge in [-0.05, 0) is 54.4 Å². The van der Waals surface area contributed by atoms with Crippen molar-refractivity contribution in [2.45, 2.75) is 59.7 Å². The molecule has 217 valence electrons. The van der Waals surface area contributed by atoms with E-state index in [4.69, 9.17) is 9.40 Å². The SMILES string of the molecule is Cc1c(C(C)(C)C)ccnc1-c1[c-]cc([Si](C)(C)C)c2c1oc1ccccc12.Cc1ccnc(-c2[c-]cccc2)c1.[Ir]. The smallest absolute Gasteiger partial charge is 0.120 e. The minimum absolute atomic E-state index is 0. The molecule has 0 saturated heterocycles. The van der Waals surface area contributed by atoms with Crippen molar-refractivity contribution < 1.29 is 24.5 Å². The number of aromatic nitrogens is 2. The Hall–Kier alpha value is -3.37. The standard InChI is InChI=1S/C25H28NOSi.C12H10N.Ir/c1-16-19(25(2,3)4)14-15-26-23(16)18-12-13-21(28(5,6)7)22-17-10-8-9-11-20(17)27-24(18)22;1-10-7-8-13-12(9-10)11-5-3-2-4-6-11;/h8-11,13-15H,1-7H3;2-5,7-9H,1H3;/q2*-1;. The first-order valence-electron chi connectivity index (χ1n) is 14.2. The van der Waals surface area contributed by atoms with Crippen LogP contribution in [0.3, 0.4) is 0 Å². The maximum Gasteiger partial charge on any atom is 0.120 e. The van der Waals surface area contributed by atoms with Crippen LogP contribution < -0.4 is 5.19 Å². The molecule has 0 aliphatic heterocycles. The maximum absolute atomic E-state index is 6.41. The largest absolute Gasteiger partial charge is 0.501 e.